The number of hydrogen-bond acceptors (Lipinski definition) is 6. The first-order valence-electron chi connectivity index (χ1n) is 6.93. The topological polar surface area (TPSA) is 112 Å². The van der Waals surface area contributed by atoms with Crippen molar-refractivity contribution in [2.75, 3.05) is 65.9 Å². The molecule has 0 saturated carbocycles. The van der Waals surface area contributed by atoms with Crippen LogP contribution < -0.4 is 5.73 Å². The van der Waals surface area contributed by atoms with E-state index in [9.17, 15) is 0 Å². The molecule has 2 N–H and O–H groups in total. The van der Waals surface area contributed by atoms with Crippen LogP contribution in [0.5, 0.6) is 0 Å². The van der Waals surface area contributed by atoms with Crippen LogP contribution in [0.4, 0.5) is 0 Å². The van der Waals surface area contributed by atoms with Gasteiger partial charge in [-0.1, -0.05) is 5.11 Å². The lowest BCUT2D eigenvalue weighted by molar-refractivity contribution is -0.00190. The molecule has 0 heterocycles. The highest BCUT2D eigenvalue weighted by Crippen LogP contribution is 1.86. The van der Waals surface area contributed by atoms with Crippen LogP contribution in [0, 0.1) is 0 Å². The normalized spacial score (nSPS) is 10.4. The van der Waals surface area contributed by atoms with Crippen LogP contribution in [-0.4, -0.2) is 65.9 Å². The van der Waals surface area contributed by atoms with Gasteiger partial charge in [-0.15, -0.1) is 0 Å². The molecule has 20 heavy (non-hydrogen) atoms. The van der Waals surface area contributed by atoms with Gasteiger partial charge in [-0.2, -0.15) is 0 Å². The lowest BCUT2D eigenvalue weighted by Gasteiger charge is -2.07. The van der Waals surface area contributed by atoms with Crippen molar-refractivity contribution < 1.29 is 18.9 Å². The molecule has 0 aliphatic carbocycles. The molecule has 0 rings (SSSR count). The zero-order chi connectivity index (χ0) is 14.7. The van der Waals surface area contributed by atoms with Gasteiger partial charge in [0.15, 0.2) is 0 Å². The van der Waals surface area contributed by atoms with Gasteiger partial charge in [0, 0.05) is 24.7 Å². The Balaban J connectivity index is 2.94. The molecule has 0 unspecified atom stereocenters. The Morgan fingerprint density at radius 3 is 1.65 bits per heavy atom. The molecule has 0 atom stereocenters. The van der Waals surface area contributed by atoms with Crippen LogP contribution in [0.1, 0.15) is 12.8 Å². The molecule has 0 saturated heterocycles. The standard InChI is InChI=1S/C12H26N4O4/c13-3-1-5-17-7-9-19-11-12-20-10-8-18-6-2-4-15-16-14/h1-13H2. The summed E-state index contributed by atoms with van der Waals surface area (Å²) in [4.78, 5) is 2.66. The Morgan fingerprint density at radius 1 is 0.750 bits per heavy atom. The first-order chi connectivity index (χ1) is 9.91. The number of azide groups is 1. The Bertz CT molecular complexity index is 237. The zero-order valence-electron chi connectivity index (χ0n) is 12.0. The summed E-state index contributed by atoms with van der Waals surface area (Å²) in [5.74, 6) is 0. The molecule has 0 spiro atoms. The highest BCUT2D eigenvalue weighted by Gasteiger charge is 1.92. The van der Waals surface area contributed by atoms with Gasteiger partial charge in [-0.05, 0) is 24.9 Å². The SMILES string of the molecule is [N-]=[N+]=NCCCOCCOCCOCCOCCCN. The second-order valence-electron chi connectivity index (χ2n) is 3.90. The predicted molar refractivity (Wildman–Crippen MR) is 75.6 cm³/mol. The highest BCUT2D eigenvalue weighted by molar-refractivity contribution is 4.45. The summed E-state index contributed by atoms with van der Waals surface area (Å²) in [5, 5.41) is 3.41. The van der Waals surface area contributed by atoms with Crippen molar-refractivity contribution >= 4 is 0 Å². The van der Waals surface area contributed by atoms with E-state index in [1.54, 1.807) is 0 Å². The molecular formula is C12H26N4O4. The third-order valence-electron chi connectivity index (χ3n) is 2.22. The maximum Gasteiger partial charge on any atom is 0.0701 e. The quantitative estimate of drug-likeness (QED) is 0.198. The van der Waals surface area contributed by atoms with Crippen LogP contribution in [0.15, 0.2) is 5.11 Å². The number of nitrogens with two attached hydrogens (primary N) is 1. The fourth-order valence-corrected chi connectivity index (χ4v) is 1.23. The van der Waals surface area contributed by atoms with Crippen molar-refractivity contribution in [2.45, 2.75) is 12.8 Å². The Hall–Kier alpha value is -0.890. The van der Waals surface area contributed by atoms with Gasteiger partial charge >= 0.3 is 0 Å². The fourth-order valence-electron chi connectivity index (χ4n) is 1.23. The van der Waals surface area contributed by atoms with Crippen LogP contribution in [0.25, 0.3) is 10.4 Å². The zero-order valence-corrected chi connectivity index (χ0v) is 12.0. The summed E-state index contributed by atoms with van der Waals surface area (Å²) in [6, 6.07) is 0. The second kappa shape index (κ2) is 18.1. The third kappa shape index (κ3) is 17.1. The number of ether oxygens (including phenoxy) is 4. The molecule has 0 aromatic carbocycles. The minimum Gasteiger partial charge on any atom is -0.379 e. The van der Waals surface area contributed by atoms with Crippen LogP contribution in [0.3, 0.4) is 0 Å². The first kappa shape index (κ1) is 19.1. The van der Waals surface area contributed by atoms with E-state index in [1.807, 2.05) is 0 Å². The number of nitrogens with zero attached hydrogens (tertiary/aromatic N) is 3. The Labute approximate surface area is 120 Å². The summed E-state index contributed by atoms with van der Waals surface area (Å²) in [5.41, 5.74) is 13.4. The monoisotopic (exact) mass is 290 g/mol. The van der Waals surface area contributed by atoms with E-state index in [2.05, 4.69) is 10.0 Å². The fraction of sp³-hybridized carbons (Fsp3) is 1.00. The number of rotatable bonds is 16. The molecule has 8 heteroatoms. The van der Waals surface area contributed by atoms with E-state index < -0.39 is 0 Å². The highest BCUT2D eigenvalue weighted by atomic mass is 16.6. The van der Waals surface area contributed by atoms with Crippen LogP contribution >= 0.6 is 0 Å². The van der Waals surface area contributed by atoms with E-state index in [0.717, 1.165) is 12.8 Å². The predicted octanol–water partition coefficient (Wildman–Crippen LogP) is 1.10. The van der Waals surface area contributed by atoms with Gasteiger partial charge in [0.05, 0.1) is 39.6 Å². The Kier molecular flexibility index (Phi) is 17.3. The molecule has 0 aliphatic rings. The van der Waals surface area contributed by atoms with Crippen molar-refractivity contribution in [1.29, 1.82) is 0 Å². The van der Waals surface area contributed by atoms with Gasteiger partial charge in [0.25, 0.3) is 0 Å². The minimum atomic E-state index is 0.471. The lowest BCUT2D eigenvalue weighted by Crippen LogP contribution is -2.13. The molecule has 0 aliphatic heterocycles. The van der Waals surface area contributed by atoms with Crippen molar-refractivity contribution in [3.05, 3.63) is 10.4 Å². The van der Waals surface area contributed by atoms with Gasteiger partial charge in [-0.25, -0.2) is 0 Å². The van der Waals surface area contributed by atoms with Gasteiger partial charge < -0.3 is 24.7 Å². The van der Waals surface area contributed by atoms with E-state index in [0.29, 0.717) is 65.9 Å². The van der Waals surface area contributed by atoms with Gasteiger partial charge in [0.2, 0.25) is 0 Å². The molecule has 0 bridgehead atoms. The van der Waals surface area contributed by atoms with E-state index in [-0.39, 0.29) is 0 Å². The molecule has 0 radical (unpaired) electrons. The largest absolute Gasteiger partial charge is 0.379 e. The molecule has 0 fully saturated rings. The average Bonchev–Trinajstić information content (AvgIpc) is 2.47. The van der Waals surface area contributed by atoms with E-state index in [1.165, 1.54) is 0 Å². The lowest BCUT2D eigenvalue weighted by atomic mass is 10.5. The van der Waals surface area contributed by atoms with Crippen molar-refractivity contribution in [1.82, 2.24) is 0 Å². The van der Waals surface area contributed by atoms with E-state index in [4.69, 9.17) is 30.2 Å². The van der Waals surface area contributed by atoms with Crippen LogP contribution in [0.2, 0.25) is 0 Å². The second-order valence-corrected chi connectivity index (χ2v) is 3.90. The minimum absolute atomic E-state index is 0.471. The van der Waals surface area contributed by atoms with Crippen molar-refractivity contribution in [3.8, 4) is 0 Å². The summed E-state index contributed by atoms with van der Waals surface area (Å²) in [6.45, 7) is 5.74. The molecule has 118 valence electrons. The van der Waals surface area contributed by atoms with Gasteiger partial charge in [0.1, 0.15) is 0 Å². The summed E-state index contributed by atoms with van der Waals surface area (Å²) in [7, 11) is 0. The number of hydrogen-bond donors (Lipinski definition) is 1. The van der Waals surface area contributed by atoms with Gasteiger partial charge in [-0.3, -0.25) is 0 Å². The average molecular weight is 290 g/mol. The molecule has 0 aromatic rings. The molecular weight excluding hydrogens is 264 g/mol. The molecule has 0 aromatic heterocycles. The maximum absolute atomic E-state index is 8.05. The summed E-state index contributed by atoms with van der Waals surface area (Å²) >= 11 is 0. The smallest absolute Gasteiger partial charge is 0.0701 e. The van der Waals surface area contributed by atoms with E-state index >= 15 is 0 Å². The third-order valence-corrected chi connectivity index (χ3v) is 2.22. The molecule has 0 amide bonds. The first-order valence-corrected chi connectivity index (χ1v) is 6.93. The summed E-state index contributed by atoms with van der Waals surface area (Å²) < 4.78 is 21.2. The van der Waals surface area contributed by atoms with Crippen molar-refractivity contribution in [3.63, 3.8) is 0 Å². The maximum atomic E-state index is 8.05. The summed E-state index contributed by atoms with van der Waals surface area (Å²) in [6.07, 6.45) is 1.61. The molecule has 8 nitrogen and oxygen atoms in total. The van der Waals surface area contributed by atoms with Crippen molar-refractivity contribution in [2.24, 2.45) is 10.8 Å². The Morgan fingerprint density at radius 2 is 1.20 bits per heavy atom. The van der Waals surface area contributed by atoms with Crippen LogP contribution in [-0.2, 0) is 18.9 Å².